The molecule has 0 saturated carbocycles. The summed E-state index contributed by atoms with van der Waals surface area (Å²) in [4.78, 5) is 13.5. The number of hydrogen-bond donors (Lipinski definition) is 2. The Morgan fingerprint density at radius 2 is 2.12 bits per heavy atom. The molecule has 0 aliphatic carbocycles. The number of rotatable bonds is 5. The van der Waals surface area contributed by atoms with E-state index in [-0.39, 0.29) is 5.91 Å². The van der Waals surface area contributed by atoms with Crippen molar-refractivity contribution in [1.82, 2.24) is 4.90 Å². The smallest absolute Gasteiger partial charge is 0.239 e. The number of carbonyl (C=O) groups is 1. The molecule has 0 aromatic heterocycles. The molecule has 1 heterocycles. The van der Waals surface area contributed by atoms with Crippen LogP contribution in [0.4, 0.5) is 0 Å². The van der Waals surface area contributed by atoms with E-state index in [0.717, 1.165) is 6.42 Å². The zero-order chi connectivity index (χ0) is 12.9. The largest absolute Gasteiger partial charge is 0.388 e. The van der Waals surface area contributed by atoms with Crippen molar-refractivity contribution < 1.29 is 14.6 Å². The first-order valence-electron chi connectivity index (χ1n) is 6.29. The second-order valence-corrected chi connectivity index (χ2v) is 4.93. The summed E-state index contributed by atoms with van der Waals surface area (Å²) in [6.07, 6.45) is 2.73. The minimum atomic E-state index is -0.811. The van der Waals surface area contributed by atoms with Crippen molar-refractivity contribution in [1.29, 1.82) is 0 Å². The molecule has 1 aliphatic rings. The van der Waals surface area contributed by atoms with E-state index in [9.17, 15) is 9.90 Å². The molecule has 17 heavy (non-hydrogen) atoms. The van der Waals surface area contributed by atoms with Gasteiger partial charge in [0.2, 0.25) is 5.91 Å². The number of hydrogen-bond acceptors (Lipinski definition) is 4. The van der Waals surface area contributed by atoms with Crippen LogP contribution in [0.15, 0.2) is 0 Å². The molecule has 0 aromatic carbocycles. The van der Waals surface area contributed by atoms with Gasteiger partial charge < -0.3 is 20.5 Å². The van der Waals surface area contributed by atoms with Gasteiger partial charge in [-0.2, -0.15) is 0 Å². The Morgan fingerprint density at radius 1 is 1.53 bits per heavy atom. The Morgan fingerprint density at radius 3 is 2.65 bits per heavy atom. The number of nitrogens with two attached hydrogens (primary N) is 1. The standard InChI is InChI=1S/C12H24N2O3/c1-3-4-10(13)11(15)14(2)9-12(16)5-7-17-8-6-12/h10,16H,3-9,13H2,1-2H3/t10-/m0/s1. The lowest BCUT2D eigenvalue weighted by atomic mass is 9.93. The van der Waals surface area contributed by atoms with Gasteiger partial charge in [0.05, 0.1) is 11.6 Å². The summed E-state index contributed by atoms with van der Waals surface area (Å²) in [5, 5.41) is 10.3. The van der Waals surface area contributed by atoms with Gasteiger partial charge in [-0.3, -0.25) is 4.79 Å². The average Bonchev–Trinajstić information content (AvgIpc) is 2.28. The van der Waals surface area contributed by atoms with E-state index >= 15 is 0 Å². The number of amides is 1. The molecule has 1 rings (SSSR count). The second kappa shape index (κ2) is 6.33. The van der Waals surface area contributed by atoms with E-state index in [1.807, 2.05) is 6.92 Å². The fourth-order valence-electron chi connectivity index (χ4n) is 2.15. The van der Waals surface area contributed by atoms with Crippen LogP contribution in [0.3, 0.4) is 0 Å². The zero-order valence-electron chi connectivity index (χ0n) is 10.8. The molecule has 0 bridgehead atoms. The Labute approximate surface area is 103 Å². The van der Waals surface area contributed by atoms with Crippen molar-refractivity contribution >= 4 is 5.91 Å². The van der Waals surface area contributed by atoms with Crippen molar-refractivity contribution in [2.45, 2.75) is 44.2 Å². The molecule has 3 N–H and O–H groups in total. The highest BCUT2D eigenvalue weighted by Crippen LogP contribution is 2.21. The van der Waals surface area contributed by atoms with Gasteiger partial charge >= 0.3 is 0 Å². The first-order valence-corrected chi connectivity index (χ1v) is 6.29. The van der Waals surface area contributed by atoms with Gasteiger partial charge in [-0.25, -0.2) is 0 Å². The number of nitrogens with zero attached hydrogens (tertiary/aromatic N) is 1. The van der Waals surface area contributed by atoms with Gasteiger partial charge in [-0.15, -0.1) is 0 Å². The van der Waals surface area contributed by atoms with E-state index in [2.05, 4.69) is 0 Å². The first-order chi connectivity index (χ1) is 7.98. The van der Waals surface area contributed by atoms with Crippen LogP contribution in [0, 0.1) is 0 Å². The zero-order valence-corrected chi connectivity index (χ0v) is 10.8. The molecular formula is C12H24N2O3. The highest BCUT2D eigenvalue weighted by molar-refractivity contribution is 5.81. The quantitative estimate of drug-likeness (QED) is 0.720. The Kier molecular flexibility index (Phi) is 5.36. The monoisotopic (exact) mass is 244 g/mol. The lowest BCUT2D eigenvalue weighted by Gasteiger charge is -2.36. The average molecular weight is 244 g/mol. The number of carbonyl (C=O) groups excluding carboxylic acids is 1. The highest BCUT2D eigenvalue weighted by Gasteiger charge is 2.33. The molecule has 0 aromatic rings. The second-order valence-electron chi connectivity index (χ2n) is 4.93. The maximum Gasteiger partial charge on any atom is 0.239 e. The lowest BCUT2D eigenvalue weighted by Crippen LogP contribution is -2.51. The third kappa shape index (κ3) is 4.26. The molecular weight excluding hydrogens is 220 g/mol. The van der Waals surface area contributed by atoms with Crippen LogP contribution in [-0.4, -0.2) is 54.4 Å². The first kappa shape index (κ1) is 14.4. The molecule has 0 unspecified atom stereocenters. The van der Waals surface area contributed by atoms with Crippen LogP contribution in [0.25, 0.3) is 0 Å². The normalized spacial score (nSPS) is 20.9. The highest BCUT2D eigenvalue weighted by atomic mass is 16.5. The Balaban J connectivity index is 2.46. The van der Waals surface area contributed by atoms with Crippen molar-refractivity contribution in [2.75, 3.05) is 26.8 Å². The van der Waals surface area contributed by atoms with E-state index in [1.54, 1.807) is 11.9 Å². The summed E-state index contributed by atoms with van der Waals surface area (Å²) in [7, 11) is 1.70. The Bertz CT molecular complexity index is 252. The Hall–Kier alpha value is -0.650. The molecule has 5 nitrogen and oxygen atoms in total. The van der Waals surface area contributed by atoms with Crippen LogP contribution in [0.1, 0.15) is 32.6 Å². The summed E-state index contributed by atoms with van der Waals surface area (Å²) in [5.74, 6) is -0.0910. The molecule has 5 heteroatoms. The molecule has 1 saturated heterocycles. The molecule has 1 amide bonds. The summed E-state index contributed by atoms with van der Waals surface area (Å²) >= 11 is 0. The van der Waals surface area contributed by atoms with Crippen molar-refractivity contribution in [3.63, 3.8) is 0 Å². The third-order valence-electron chi connectivity index (χ3n) is 3.25. The maximum absolute atomic E-state index is 11.9. The lowest BCUT2D eigenvalue weighted by molar-refractivity contribution is -0.138. The minimum absolute atomic E-state index is 0.0910. The molecule has 100 valence electrons. The number of likely N-dealkylation sites (N-methyl/N-ethyl adjacent to an activating group) is 1. The summed E-state index contributed by atoms with van der Waals surface area (Å²) < 4.78 is 5.20. The predicted octanol–water partition coefficient (Wildman–Crippen LogP) is 0.114. The molecule has 0 radical (unpaired) electrons. The van der Waals surface area contributed by atoms with E-state index in [4.69, 9.17) is 10.5 Å². The summed E-state index contributed by atoms with van der Waals surface area (Å²) in [6, 6.07) is -0.451. The van der Waals surface area contributed by atoms with Crippen LogP contribution in [-0.2, 0) is 9.53 Å². The molecule has 1 aliphatic heterocycles. The fourth-order valence-corrected chi connectivity index (χ4v) is 2.15. The maximum atomic E-state index is 11.9. The summed E-state index contributed by atoms with van der Waals surface area (Å²) in [6.45, 7) is 3.45. The summed E-state index contributed by atoms with van der Waals surface area (Å²) in [5.41, 5.74) is 4.97. The van der Waals surface area contributed by atoms with E-state index in [1.165, 1.54) is 0 Å². The third-order valence-corrected chi connectivity index (χ3v) is 3.25. The van der Waals surface area contributed by atoms with E-state index in [0.29, 0.717) is 39.0 Å². The van der Waals surface area contributed by atoms with Crippen LogP contribution in [0.5, 0.6) is 0 Å². The minimum Gasteiger partial charge on any atom is -0.388 e. The van der Waals surface area contributed by atoms with E-state index < -0.39 is 11.6 Å². The van der Waals surface area contributed by atoms with Crippen molar-refractivity contribution in [3.05, 3.63) is 0 Å². The van der Waals surface area contributed by atoms with Gasteiger partial charge in [-0.05, 0) is 6.42 Å². The van der Waals surface area contributed by atoms with Crippen molar-refractivity contribution in [3.8, 4) is 0 Å². The van der Waals surface area contributed by atoms with Crippen molar-refractivity contribution in [2.24, 2.45) is 5.73 Å². The molecule has 0 spiro atoms. The predicted molar refractivity (Wildman–Crippen MR) is 65.5 cm³/mol. The fraction of sp³-hybridized carbons (Fsp3) is 0.917. The SMILES string of the molecule is CCC[C@H](N)C(=O)N(C)CC1(O)CCOCC1. The van der Waals surface area contributed by atoms with Gasteiger partial charge in [0.15, 0.2) is 0 Å². The number of ether oxygens (including phenoxy) is 1. The number of aliphatic hydroxyl groups is 1. The molecule has 1 atom stereocenters. The van der Waals surface area contributed by atoms with Gasteiger partial charge in [0.25, 0.3) is 0 Å². The van der Waals surface area contributed by atoms with Gasteiger partial charge in [0.1, 0.15) is 0 Å². The topological polar surface area (TPSA) is 75.8 Å². The van der Waals surface area contributed by atoms with Crippen LogP contribution < -0.4 is 5.73 Å². The van der Waals surface area contributed by atoms with Crippen LogP contribution >= 0.6 is 0 Å². The van der Waals surface area contributed by atoms with Gasteiger partial charge in [-0.1, -0.05) is 13.3 Å². The molecule has 1 fully saturated rings. The van der Waals surface area contributed by atoms with Gasteiger partial charge in [0, 0.05) is 39.6 Å². The van der Waals surface area contributed by atoms with Crippen LogP contribution in [0.2, 0.25) is 0 Å².